The average molecular weight is 900 g/mol. The number of carbonyl (C=O) groups excluding carboxylic acids is 5. The van der Waals surface area contributed by atoms with Crippen molar-refractivity contribution in [1.82, 2.24) is 4.90 Å². The zero-order valence-corrected chi connectivity index (χ0v) is 39.9. The van der Waals surface area contributed by atoms with Gasteiger partial charge in [0.05, 0.1) is 24.4 Å². The van der Waals surface area contributed by atoms with Gasteiger partial charge in [0.2, 0.25) is 5.79 Å². The van der Waals surface area contributed by atoms with Gasteiger partial charge < -0.3 is 43.9 Å². The molecule has 360 valence electrons. The maximum Gasteiger partial charge on any atom is 0.329 e. The van der Waals surface area contributed by atoms with Gasteiger partial charge in [-0.15, -0.1) is 0 Å². The van der Waals surface area contributed by atoms with E-state index in [0.29, 0.717) is 56.9 Å². The summed E-state index contributed by atoms with van der Waals surface area (Å²) in [5, 5.41) is 33.7. The Kier molecular flexibility index (Phi) is 20.3. The molecule has 15 atom stereocenters. The fourth-order valence-corrected chi connectivity index (χ4v) is 9.95. The summed E-state index contributed by atoms with van der Waals surface area (Å²) in [4.78, 5) is 71.2. The molecule has 1 amide bonds. The molecular weight excluding hydrogens is 823 g/mol. The molecule has 1 saturated carbocycles. The number of cyclic esters (lactones) is 1. The molecule has 0 spiro atoms. The van der Waals surface area contributed by atoms with Gasteiger partial charge in [-0.05, 0) is 101 Å². The highest BCUT2D eigenvalue weighted by molar-refractivity contribution is 6.39. The molecule has 0 radical (unpaired) electrons. The van der Waals surface area contributed by atoms with Gasteiger partial charge in [0.25, 0.3) is 11.7 Å². The molecular formula is C50H77NO13. The molecule has 14 heteroatoms. The molecule has 14 nitrogen and oxygen atoms in total. The molecule has 3 fully saturated rings. The molecule has 0 aromatic rings. The van der Waals surface area contributed by atoms with Crippen LogP contribution in [0.2, 0.25) is 0 Å². The molecule has 3 unspecified atom stereocenters. The van der Waals surface area contributed by atoms with Crippen molar-refractivity contribution >= 4 is 29.2 Å². The second-order valence-corrected chi connectivity index (χ2v) is 19.2. The molecule has 3 heterocycles. The van der Waals surface area contributed by atoms with E-state index in [4.69, 9.17) is 23.7 Å². The summed E-state index contributed by atoms with van der Waals surface area (Å²) in [6, 6.07) is -1.13. The predicted molar refractivity (Wildman–Crippen MR) is 241 cm³/mol. The molecule has 64 heavy (non-hydrogen) atoms. The maximum absolute atomic E-state index is 14.2. The number of nitrogens with zero attached hydrogens (tertiary/aromatic N) is 1. The van der Waals surface area contributed by atoms with Crippen molar-refractivity contribution < 1.29 is 63.0 Å². The Bertz CT molecular complexity index is 1740. The Hall–Kier alpha value is -3.37. The van der Waals surface area contributed by atoms with Crippen LogP contribution in [0.4, 0.5) is 0 Å². The van der Waals surface area contributed by atoms with E-state index in [2.05, 4.69) is 0 Å². The van der Waals surface area contributed by atoms with Crippen LogP contribution >= 0.6 is 0 Å². The number of esters is 1. The third-order valence-electron chi connectivity index (χ3n) is 14.2. The fraction of sp³-hybridized carbons (Fsp3) is 0.740. The lowest BCUT2D eigenvalue weighted by atomic mass is 9.78. The van der Waals surface area contributed by atoms with E-state index in [9.17, 15) is 39.3 Å². The van der Waals surface area contributed by atoms with Crippen molar-refractivity contribution in [3.8, 4) is 0 Å². The average Bonchev–Trinajstić information content (AvgIpc) is 3.76. The third-order valence-corrected chi connectivity index (χ3v) is 14.2. The lowest BCUT2D eigenvalue weighted by Gasteiger charge is -2.41. The summed E-state index contributed by atoms with van der Waals surface area (Å²) in [6.45, 7) is 12.7. The minimum atomic E-state index is -2.42. The minimum Gasteiger partial charge on any atom is -0.460 e. The molecule has 0 aromatic heterocycles. The number of allylic oxidation sites excluding steroid dienone is 6. The minimum absolute atomic E-state index is 0.0199. The number of ketones is 3. The molecule has 3 N–H and O–H groups in total. The highest BCUT2D eigenvalue weighted by atomic mass is 16.6. The van der Waals surface area contributed by atoms with E-state index in [1.54, 1.807) is 41.1 Å². The van der Waals surface area contributed by atoms with E-state index in [-0.39, 0.29) is 54.8 Å². The van der Waals surface area contributed by atoms with Gasteiger partial charge in [-0.1, -0.05) is 71.1 Å². The van der Waals surface area contributed by atoms with Crippen molar-refractivity contribution in [3.05, 3.63) is 47.6 Å². The molecule has 4 aliphatic rings. The Morgan fingerprint density at radius 1 is 0.859 bits per heavy atom. The predicted octanol–water partition coefficient (Wildman–Crippen LogP) is 5.79. The van der Waals surface area contributed by atoms with Crippen molar-refractivity contribution in [3.63, 3.8) is 0 Å². The largest absolute Gasteiger partial charge is 0.460 e. The molecule has 0 aromatic carbocycles. The van der Waals surface area contributed by atoms with Gasteiger partial charge in [0.15, 0.2) is 5.78 Å². The highest BCUT2D eigenvalue weighted by Crippen LogP contribution is 2.38. The lowest BCUT2D eigenvalue weighted by molar-refractivity contribution is -0.265. The van der Waals surface area contributed by atoms with Gasteiger partial charge >= 0.3 is 5.97 Å². The summed E-state index contributed by atoms with van der Waals surface area (Å²) < 4.78 is 29.2. The topological polar surface area (TPSA) is 195 Å². The number of hydrogen-bond acceptors (Lipinski definition) is 13. The summed E-state index contributed by atoms with van der Waals surface area (Å²) in [7, 11) is 4.51. The smallest absolute Gasteiger partial charge is 0.329 e. The Morgan fingerprint density at radius 2 is 1.58 bits per heavy atom. The molecule has 4 rings (SSSR count). The summed E-state index contributed by atoms with van der Waals surface area (Å²) >= 11 is 0. The second-order valence-electron chi connectivity index (χ2n) is 19.2. The number of hydrogen-bond donors (Lipinski definition) is 3. The Balaban J connectivity index is 1.68. The molecule has 2 bridgehead atoms. The van der Waals surface area contributed by atoms with Crippen LogP contribution in [0.5, 0.6) is 0 Å². The third kappa shape index (κ3) is 13.6. The van der Waals surface area contributed by atoms with E-state index in [0.717, 1.165) is 16.9 Å². The Morgan fingerprint density at radius 3 is 2.25 bits per heavy atom. The first-order valence-electron chi connectivity index (χ1n) is 23.4. The van der Waals surface area contributed by atoms with Gasteiger partial charge in [0, 0.05) is 58.5 Å². The summed E-state index contributed by atoms with van der Waals surface area (Å²) in [6.07, 6.45) is 10.5. The number of rotatable bonds is 6. The van der Waals surface area contributed by atoms with Gasteiger partial charge in [-0.3, -0.25) is 19.2 Å². The first-order valence-corrected chi connectivity index (χ1v) is 23.4. The van der Waals surface area contributed by atoms with Crippen LogP contribution in [0.3, 0.4) is 0 Å². The lowest BCUT2D eigenvalue weighted by Crippen LogP contribution is -2.59. The van der Waals surface area contributed by atoms with Crippen molar-refractivity contribution in [2.75, 3.05) is 27.9 Å². The zero-order chi connectivity index (χ0) is 47.5. The standard InChI is InChI=1S/C50H77NO13/c1-29-15-12-11-13-16-30(2)41(60-8)27-37-20-18-35(7)50(59,64-37)47(56)48(57)51-22-14-17-38(51)49(58)63-42(32(4)25-36-19-21-39(52)43(26-36)61-9)28-40(53)31(3)24-34(6)45(55)46(62-10)44(54)33(5)23-29/h11-13,15-16,24,29,31-33,35-39,41-43,45-46,52,55,59H,14,17-23,25-28H2,1-10H3/b13-11-,15-12?,30-16-,34-24-/t29-,31-,32-,33-,35-,36+,37+,38+,39-,41?,42?,43-,45-,46?,50-/m1/s1. The van der Waals surface area contributed by atoms with Crippen LogP contribution in [0.15, 0.2) is 47.6 Å². The number of methoxy groups -OCH3 is 3. The van der Waals surface area contributed by atoms with E-state index in [1.165, 1.54) is 7.11 Å². The highest BCUT2D eigenvalue weighted by Gasteiger charge is 2.53. The molecule has 3 aliphatic heterocycles. The molecule has 1 aliphatic carbocycles. The summed E-state index contributed by atoms with van der Waals surface area (Å²) in [5.41, 5.74) is 1.26. The van der Waals surface area contributed by atoms with Crippen LogP contribution in [0.1, 0.15) is 119 Å². The van der Waals surface area contributed by atoms with Crippen molar-refractivity contribution in [1.29, 1.82) is 0 Å². The van der Waals surface area contributed by atoms with Crippen molar-refractivity contribution in [2.24, 2.45) is 35.5 Å². The van der Waals surface area contributed by atoms with E-state index >= 15 is 0 Å². The summed E-state index contributed by atoms with van der Waals surface area (Å²) in [5.74, 6) is -7.97. The number of Topliss-reactive ketones (excluding diaryl/α,β-unsaturated/α-hetero) is 3. The van der Waals surface area contributed by atoms with Crippen LogP contribution in [-0.2, 0) is 47.7 Å². The number of fused-ring (bicyclic) bond motifs is 3. The fourth-order valence-electron chi connectivity index (χ4n) is 9.95. The molecule has 2 saturated heterocycles. The first kappa shape index (κ1) is 53.2. The monoisotopic (exact) mass is 900 g/mol. The number of carbonyl (C=O) groups is 5. The van der Waals surface area contributed by atoms with E-state index in [1.807, 2.05) is 58.1 Å². The van der Waals surface area contributed by atoms with Crippen molar-refractivity contribution in [2.45, 2.75) is 174 Å². The van der Waals surface area contributed by atoms with Gasteiger partial charge in [-0.25, -0.2) is 4.79 Å². The van der Waals surface area contributed by atoms with Gasteiger partial charge in [-0.2, -0.15) is 0 Å². The van der Waals surface area contributed by atoms with Crippen LogP contribution < -0.4 is 0 Å². The van der Waals surface area contributed by atoms with Crippen LogP contribution in [0.25, 0.3) is 0 Å². The number of aliphatic hydroxyl groups excluding tert-OH is 2. The van der Waals surface area contributed by atoms with E-state index < -0.39 is 83.9 Å². The number of aliphatic hydroxyl groups is 3. The second kappa shape index (κ2) is 24.4. The first-order chi connectivity index (χ1) is 30.2. The normalized spacial score (nSPS) is 40.2. The number of amides is 1. The quantitative estimate of drug-likeness (QED) is 0.165. The maximum atomic E-state index is 14.2. The van der Waals surface area contributed by atoms with Crippen LogP contribution in [0, 0.1) is 35.5 Å². The Labute approximate surface area is 380 Å². The SMILES string of the molecule is COC1C[C@@H]2CC[C@@H](C)[C@@](O)(O2)C(=O)C(=O)N2CCC[C@H]2C(=O)OC([C@H](C)C[C@@H]2CC[C@@H](O)[C@H](OC)C2)CC(=O)[C@H](C)/C=C(/C)[C@@H](O)C(OC)C(=O)[C@H](C)C[C@H](C)C=C/C=C\C=C/1C. The van der Waals surface area contributed by atoms with Gasteiger partial charge in [0.1, 0.15) is 30.1 Å². The van der Waals surface area contributed by atoms with Crippen LogP contribution in [-0.4, -0.2) is 132 Å². The number of ether oxygens (including phenoxy) is 5. The zero-order valence-electron chi connectivity index (χ0n) is 39.9.